The Kier molecular flexibility index (Phi) is 5.51. The number of ether oxygens (including phenoxy) is 1. The number of hydrogen-bond donors (Lipinski definition) is 1. The van der Waals surface area contributed by atoms with Crippen molar-refractivity contribution in [2.75, 3.05) is 13.2 Å². The fraction of sp³-hybridized carbons (Fsp3) is 0.474. The molecule has 1 atom stereocenters. The van der Waals surface area contributed by atoms with E-state index in [1.807, 2.05) is 24.3 Å². The number of nitrogens with zero attached hydrogens (tertiary/aromatic N) is 1. The molecule has 1 N–H and O–H groups in total. The number of thiazole rings is 1. The van der Waals surface area contributed by atoms with Gasteiger partial charge in [0.2, 0.25) is 5.91 Å². The molecule has 1 aromatic carbocycles. The highest BCUT2D eigenvalue weighted by molar-refractivity contribution is 7.09. The quantitative estimate of drug-likeness (QED) is 0.902. The van der Waals surface area contributed by atoms with E-state index < -0.39 is 0 Å². The topological polar surface area (TPSA) is 51.2 Å². The van der Waals surface area contributed by atoms with E-state index in [1.165, 1.54) is 0 Å². The second-order valence-electron chi connectivity index (χ2n) is 6.52. The van der Waals surface area contributed by atoms with Gasteiger partial charge in [0.05, 0.1) is 17.3 Å². The Balaban J connectivity index is 1.51. The fourth-order valence-corrected chi connectivity index (χ4v) is 3.75. The Morgan fingerprint density at radius 3 is 3.04 bits per heavy atom. The number of aromatic nitrogens is 1. The molecule has 4 nitrogen and oxygen atoms in total. The van der Waals surface area contributed by atoms with Crippen molar-refractivity contribution in [3.63, 3.8) is 0 Å². The number of benzene rings is 1. The lowest BCUT2D eigenvalue weighted by atomic mass is 9.96. The van der Waals surface area contributed by atoms with Crippen molar-refractivity contribution in [1.29, 1.82) is 0 Å². The van der Waals surface area contributed by atoms with E-state index in [2.05, 4.69) is 29.5 Å². The maximum Gasteiger partial charge on any atom is 0.223 e. The number of para-hydroxylation sites is 1. The summed E-state index contributed by atoms with van der Waals surface area (Å²) in [7, 11) is 0. The Morgan fingerprint density at radius 2 is 2.25 bits per heavy atom. The zero-order valence-electron chi connectivity index (χ0n) is 14.2. The summed E-state index contributed by atoms with van der Waals surface area (Å²) in [5.74, 6) is 1.48. The number of hydrogen-bond acceptors (Lipinski definition) is 4. The van der Waals surface area contributed by atoms with Crippen LogP contribution < -0.4 is 10.1 Å². The van der Waals surface area contributed by atoms with Crippen molar-refractivity contribution >= 4 is 17.2 Å². The summed E-state index contributed by atoms with van der Waals surface area (Å²) >= 11 is 1.70. The average Bonchev–Trinajstić information content (AvgIpc) is 2.93. The fourth-order valence-electron chi connectivity index (χ4n) is 2.88. The number of rotatable bonds is 5. The first-order chi connectivity index (χ1) is 11.6. The van der Waals surface area contributed by atoms with Crippen LogP contribution in [0.25, 0.3) is 0 Å². The number of carbonyl (C=O) groups excluding carboxylic acids is 1. The number of nitrogens with one attached hydrogen (secondary N) is 1. The molecule has 0 saturated heterocycles. The lowest BCUT2D eigenvalue weighted by molar-refractivity contribution is -0.125. The van der Waals surface area contributed by atoms with Gasteiger partial charge in [0, 0.05) is 30.2 Å². The molecule has 128 valence electrons. The van der Waals surface area contributed by atoms with Crippen LogP contribution in [0, 0.1) is 5.92 Å². The Hall–Kier alpha value is -1.88. The maximum atomic E-state index is 12.5. The minimum Gasteiger partial charge on any atom is -0.493 e. The molecule has 2 aromatic rings. The van der Waals surface area contributed by atoms with Gasteiger partial charge in [-0.3, -0.25) is 4.79 Å². The van der Waals surface area contributed by atoms with Crippen LogP contribution in [0.5, 0.6) is 5.75 Å². The smallest absolute Gasteiger partial charge is 0.223 e. The van der Waals surface area contributed by atoms with Crippen LogP contribution in [0.15, 0.2) is 29.6 Å². The van der Waals surface area contributed by atoms with E-state index in [-0.39, 0.29) is 11.8 Å². The summed E-state index contributed by atoms with van der Waals surface area (Å²) in [5.41, 5.74) is 2.19. The normalized spacial score (nSPS) is 17.0. The molecular formula is C19H24N2O2S. The molecule has 0 radical (unpaired) electrons. The van der Waals surface area contributed by atoms with E-state index in [0.29, 0.717) is 19.1 Å². The summed E-state index contributed by atoms with van der Waals surface area (Å²) in [5, 5.41) is 6.32. The minimum absolute atomic E-state index is 0.0182. The third kappa shape index (κ3) is 4.15. The SMILES string of the molecule is CC(C)c1nc(CCNC(=O)[C@H]2CCOc3ccccc3C2)cs1. The zero-order chi connectivity index (χ0) is 16.9. The van der Waals surface area contributed by atoms with Gasteiger partial charge in [-0.15, -0.1) is 11.3 Å². The van der Waals surface area contributed by atoms with Crippen molar-refractivity contribution < 1.29 is 9.53 Å². The molecule has 1 aliphatic rings. The van der Waals surface area contributed by atoms with E-state index in [4.69, 9.17) is 4.74 Å². The van der Waals surface area contributed by atoms with E-state index >= 15 is 0 Å². The van der Waals surface area contributed by atoms with Gasteiger partial charge in [0.1, 0.15) is 5.75 Å². The highest BCUT2D eigenvalue weighted by atomic mass is 32.1. The van der Waals surface area contributed by atoms with E-state index in [0.717, 1.165) is 41.3 Å². The average molecular weight is 344 g/mol. The minimum atomic E-state index is -0.0182. The van der Waals surface area contributed by atoms with Crippen LogP contribution in [0.3, 0.4) is 0 Å². The van der Waals surface area contributed by atoms with Crippen LogP contribution in [0.4, 0.5) is 0 Å². The summed E-state index contributed by atoms with van der Waals surface area (Å²) in [4.78, 5) is 17.1. The molecule has 24 heavy (non-hydrogen) atoms. The van der Waals surface area contributed by atoms with Crippen molar-refractivity contribution in [2.24, 2.45) is 5.92 Å². The maximum absolute atomic E-state index is 12.5. The lowest BCUT2D eigenvalue weighted by Crippen LogP contribution is -2.33. The largest absolute Gasteiger partial charge is 0.493 e. The summed E-state index contributed by atoms with van der Waals surface area (Å²) in [6, 6.07) is 7.99. The molecule has 0 bridgehead atoms. The predicted octanol–water partition coefficient (Wildman–Crippen LogP) is 3.57. The number of fused-ring (bicyclic) bond motifs is 1. The van der Waals surface area contributed by atoms with Gasteiger partial charge in [0.15, 0.2) is 0 Å². The Labute approximate surface area is 147 Å². The highest BCUT2D eigenvalue weighted by Gasteiger charge is 2.23. The van der Waals surface area contributed by atoms with Gasteiger partial charge >= 0.3 is 0 Å². The monoisotopic (exact) mass is 344 g/mol. The number of carbonyl (C=O) groups is 1. The molecule has 1 amide bonds. The summed E-state index contributed by atoms with van der Waals surface area (Å²) in [6.07, 6.45) is 2.29. The van der Waals surface area contributed by atoms with Crippen LogP contribution in [0.2, 0.25) is 0 Å². The molecule has 0 unspecified atom stereocenters. The van der Waals surface area contributed by atoms with Gasteiger partial charge in [-0.2, -0.15) is 0 Å². The third-order valence-electron chi connectivity index (χ3n) is 4.28. The van der Waals surface area contributed by atoms with Gasteiger partial charge < -0.3 is 10.1 Å². The lowest BCUT2D eigenvalue weighted by Gasteiger charge is -2.13. The van der Waals surface area contributed by atoms with Crippen molar-refractivity contribution in [1.82, 2.24) is 10.3 Å². The molecule has 0 saturated carbocycles. The van der Waals surface area contributed by atoms with E-state index in [9.17, 15) is 4.79 Å². The van der Waals surface area contributed by atoms with Crippen molar-refractivity contribution in [3.8, 4) is 5.75 Å². The molecule has 1 aliphatic heterocycles. The summed E-state index contributed by atoms with van der Waals surface area (Å²) < 4.78 is 5.74. The number of amides is 1. The van der Waals surface area contributed by atoms with Gasteiger partial charge in [-0.1, -0.05) is 32.0 Å². The predicted molar refractivity (Wildman–Crippen MR) is 96.7 cm³/mol. The Morgan fingerprint density at radius 1 is 1.42 bits per heavy atom. The van der Waals surface area contributed by atoms with Crippen LogP contribution >= 0.6 is 11.3 Å². The van der Waals surface area contributed by atoms with Gasteiger partial charge in [-0.05, 0) is 24.5 Å². The molecular weight excluding hydrogens is 320 g/mol. The second kappa shape index (κ2) is 7.79. The van der Waals surface area contributed by atoms with Crippen LogP contribution in [0.1, 0.15) is 42.5 Å². The first-order valence-corrected chi connectivity index (χ1v) is 9.44. The van der Waals surface area contributed by atoms with Gasteiger partial charge in [0.25, 0.3) is 0 Å². The molecule has 2 heterocycles. The summed E-state index contributed by atoms with van der Waals surface area (Å²) in [6.45, 7) is 5.53. The third-order valence-corrected chi connectivity index (χ3v) is 5.47. The molecule has 0 spiro atoms. The first kappa shape index (κ1) is 17.0. The standard InChI is InChI=1S/C19H24N2O2S/c1-13(2)19-21-16(12-24-19)7-9-20-18(22)15-8-10-23-17-6-4-3-5-14(17)11-15/h3-6,12-13,15H,7-11H2,1-2H3,(H,20,22)/t15-/m0/s1. The molecule has 0 fully saturated rings. The molecule has 5 heteroatoms. The molecule has 0 aliphatic carbocycles. The van der Waals surface area contributed by atoms with Crippen molar-refractivity contribution in [2.45, 2.75) is 39.0 Å². The van der Waals surface area contributed by atoms with Crippen molar-refractivity contribution in [3.05, 3.63) is 45.9 Å². The zero-order valence-corrected chi connectivity index (χ0v) is 15.1. The molecule has 3 rings (SSSR count). The van der Waals surface area contributed by atoms with Gasteiger partial charge in [-0.25, -0.2) is 4.98 Å². The van der Waals surface area contributed by atoms with Crippen LogP contribution in [-0.2, 0) is 17.6 Å². The highest BCUT2D eigenvalue weighted by Crippen LogP contribution is 2.26. The van der Waals surface area contributed by atoms with E-state index in [1.54, 1.807) is 11.3 Å². The first-order valence-electron chi connectivity index (χ1n) is 8.56. The second-order valence-corrected chi connectivity index (χ2v) is 7.41. The Bertz CT molecular complexity index is 696. The van der Waals surface area contributed by atoms with Crippen LogP contribution in [-0.4, -0.2) is 24.0 Å². The molecule has 1 aromatic heterocycles.